The lowest BCUT2D eigenvalue weighted by Crippen LogP contribution is -2.44. The average molecular weight is 279 g/mol. The summed E-state index contributed by atoms with van der Waals surface area (Å²) in [5.74, 6) is -1.05. The van der Waals surface area contributed by atoms with E-state index in [1.165, 1.54) is 0 Å². The van der Waals surface area contributed by atoms with E-state index in [1.807, 2.05) is 0 Å². The van der Waals surface area contributed by atoms with Crippen molar-refractivity contribution in [1.82, 2.24) is 15.1 Å². The number of amides is 1. The molecule has 0 radical (unpaired) electrons. The molecule has 20 heavy (non-hydrogen) atoms. The summed E-state index contributed by atoms with van der Waals surface area (Å²) in [5.41, 5.74) is 0.353. The molecule has 1 aliphatic carbocycles. The van der Waals surface area contributed by atoms with Gasteiger partial charge in [-0.25, -0.2) is 0 Å². The molecular weight excluding hydrogens is 258 g/mol. The summed E-state index contributed by atoms with van der Waals surface area (Å²) in [7, 11) is 1.75. The van der Waals surface area contributed by atoms with Crippen LogP contribution in [0.5, 0.6) is 0 Å². The minimum atomic E-state index is -0.805. The molecule has 0 bridgehead atoms. The summed E-state index contributed by atoms with van der Waals surface area (Å²) in [6.45, 7) is 1.96. The van der Waals surface area contributed by atoms with E-state index in [9.17, 15) is 14.7 Å². The third-order valence-electron chi connectivity index (χ3n) is 4.11. The number of hydrogen-bond donors (Lipinski definition) is 2. The number of hydrogen-bond acceptors (Lipinski definition) is 3. The monoisotopic (exact) mass is 279 g/mol. The van der Waals surface area contributed by atoms with Gasteiger partial charge in [0.25, 0.3) is 5.91 Å². The lowest BCUT2D eigenvalue weighted by molar-refractivity contribution is -0.150. The van der Waals surface area contributed by atoms with Crippen LogP contribution in [-0.4, -0.2) is 33.3 Å². The van der Waals surface area contributed by atoms with Gasteiger partial charge in [-0.2, -0.15) is 5.10 Å². The molecule has 6 nitrogen and oxygen atoms in total. The molecule has 2 rings (SSSR count). The van der Waals surface area contributed by atoms with E-state index < -0.39 is 11.4 Å². The molecule has 1 aromatic rings. The van der Waals surface area contributed by atoms with Crippen molar-refractivity contribution in [3.63, 3.8) is 0 Å². The summed E-state index contributed by atoms with van der Waals surface area (Å²) >= 11 is 0. The number of aliphatic carboxylic acids is 1. The number of nitrogens with one attached hydrogen (secondary N) is 1. The lowest BCUT2D eigenvalue weighted by Gasteiger charge is -2.33. The molecule has 1 fully saturated rings. The third kappa shape index (κ3) is 2.84. The summed E-state index contributed by atoms with van der Waals surface area (Å²) < 4.78 is 1.58. The fourth-order valence-electron chi connectivity index (χ4n) is 2.86. The van der Waals surface area contributed by atoms with Crippen LogP contribution < -0.4 is 5.32 Å². The zero-order valence-electron chi connectivity index (χ0n) is 12.0. The molecule has 0 atom stereocenters. The second-order valence-electron chi connectivity index (χ2n) is 5.63. The Kier molecular flexibility index (Phi) is 4.11. The normalized spacial score (nSPS) is 17.7. The van der Waals surface area contributed by atoms with Gasteiger partial charge < -0.3 is 10.4 Å². The highest BCUT2D eigenvalue weighted by atomic mass is 16.4. The van der Waals surface area contributed by atoms with Crippen LogP contribution in [0.25, 0.3) is 0 Å². The fraction of sp³-hybridized carbons (Fsp3) is 0.643. The van der Waals surface area contributed by atoms with Gasteiger partial charge in [-0.05, 0) is 19.8 Å². The lowest BCUT2D eigenvalue weighted by atomic mass is 9.74. The third-order valence-corrected chi connectivity index (χ3v) is 4.11. The van der Waals surface area contributed by atoms with Crippen LogP contribution >= 0.6 is 0 Å². The van der Waals surface area contributed by atoms with Gasteiger partial charge >= 0.3 is 5.97 Å². The Morgan fingerprint density at radius 2 is 2.05 bits per heavy atom. The minimum Gasteiger partial charge on any atom is -0.481 e. The van der Waals surface area contributed by atoms with Gasteiger partial charge in [-0.3, -0.25) is 14.3 Å². The van der Waals surface area contributed by atoms with E-state index in [-0.39, 0.29) is 12.5 Å². The highest BCUT2D eigenvalue weighted by Gasteiger charge is 2.39. The van der Waals surface area contributed by atoms with Crippen molar-refractivity contribution in [1.29, 1.82) is 0 Å². The van der Waals surface area contributed by atoms with E-state index in [4.69, 9.17) is 0 Å². The predicted octanol–water partition coefficient (Wildman–Crippen LogP) is 1.49. The van der Waals surface area contributed by atoms with Crippen molar-refractivity contribution in [3.8, 4) is 0 Å². The first-order valence-electron chi connectivity index (χ1n) is 6.96. The van der Waals surface area contributed by atoms with Crippen LogP contribution in [0, 0.1) is 12.3 Å². The first-order valence-corrected chi connectivity index (χ1v) is 6.96. The maximum atomic E-state index is 12.1. The van der Waals surface area contributed by atoms with Crippen LogP contribution in [0.4, 0.5) is 0 Å². The zero-order valence-corrected chi connectivity index (χ0v) is 12.0. The van der Waals surface area contributed by atoms with Gasteiger partial charge in [-0.15, -0.1) is 0 Å². The first-order chi connectivity index (χ1) is 9.44. The largest absolute Gasteiger partial charge is 0.481 e. The van der Waals surface area contributed by atoms with Crippen LogP contribution in [0.15, 0.2) is 6.20 Å². The van der Waals surface area contributed by atoms with E-state index >= 15 is 0 Å². The topological polar surface area (TPSA) is 84.2 Å². The molecule has 6 heteroatoms. The number of rotatable bonds is 4. The van der Waals surface area contributed by atoms with Gasteiger partial charge in [0.05, 0.1) is 16.7 Å². The van der Waals surface area contributed by atoms with Crippen molar-refractivity contribution >= 4 is 11.9 Å². The van der Waals surface area contributed by atoms with E-state index in [0.29, 0.717) is 24.1 Å². The van der Waals surface area contributed by atoms with Crippen LogP contribution in [0.1, 0.15) is 48.2 Å². The van der Waals surface area contributed by atoms with Crippen molar-refractivity contribution < 1.29 is 14.7 Å². The summed E-state index contributed by atoms with van der Waals surface area (Å²) in [6.07, 6.45) is 5.81. The highest BCUT2D eigenvalue weighted by Crippen LogP contribution is 2.36. The molecule has 110 valence electrons. The number of aromatic nitrogens is 2. The smallest absolute Gasteiger partial charge is 0.311 e. The molecule has 1 aliphatic rings. The maximum absolute atomic E-state index is 12.1. The van der Waals surface area contributed by atoms with Crippen molar-refractivity contribution in [3.05, 3.63) is 17.5 Å². The standard InChI is InChI=1S/C14H21N3O3/c1-10-11(8-17(2)16-10)12(18)15-9-14(13(19)20)6-4-3-5-7-14/h8H,3-7,9H2,1-2H3,(H,15,18)(H,19,20). The van der Waals surface area contributed by atoms with E-state index in [2.05, 4.69) is 10.4 Å². The van der Waals surface area contributed by atoms with Gasteiger partial charge in [0.1, 0.15) is 0 Å². The van der Waals surface area contributed by atoms with Crippen LogP contribution in [0.2, 0.25) is 0 Å². The van der Waals surface area contributed by atoms with Crippen molar-refractivity contribution in [2.24, 2.45) is 12.5 Å². The highest BCUT2D eigenvalue weighted by molar-refractivity contribution is 5.95. The Bertz CT molecular complexity index is 516. The molecule has 1 saturated carbocycles. The molecule has 0 aliphatic heterocycles. The summed E-state index contributed by atoms with van der Waals surface area (Å²) in [6, 6.07) is 0. The van der Waals surface area contributed by atoms with Gasteiger partial charge in [0.15, 0.2) is 0 Å². The average Bonchev–Trinajstić information content (AvgIpc) is 2.76. The number of carbonyl (C=O) groups is 2. The molecule has 1 aromatic heterocycles. The molecule has 0 aromatic carbocycles. The minimum absolute atomic E-state index is 0.190. The Labute approximate surface area is 118 Å². The Morgan fingerprint density at radius 1 is 1.40 bits per heavy atom. The van der Waals surface area contributed by atoms with Crippen LogP contribution in [0.3, 0.4) is 0 Å². The molecule has 0 spiro atoms. The molecule has 1 heterocycles. The van der Waals surface area contributed by atoms with Gasteiger partial charge in [-0.1, -0.05) is 19.3 Å². The number of carbonyl (C=O) groups excluding carboxylic acids is 1. The quantitative estimate of drug-likeness (QED) is 0.874. The number of nitrogens with zero attached hydrogens (tertiary/aromatic N) is 2. The Hall–Kier alpha value is -1.85. The number of carboxylic acids is 1. The summed E-state index contributed by atoms with van der Waals surface area (Å²) in [5, 5.41) is 16.4. The molecule has 2 N–H and O–H groups in total. The first kappa shape index (κ1) is 14.6. The molecule has 1 amide bonds. The van der Waals surface area contributed by atoms with Crippen molar-refractivity contribution in [2.75, 3.05) is 6.54 Å². The predicted molar refractivity (Wildman–Crippen MR) is 73.4 cm³/mol. The second kappa shape index (κ2) is 5.64. The Balaban J connectivity index is 2.04. The van der Waals surface area contributed by atoms with Gasteiger partial charge in [0.2, 0.25) is 0 Å². The molecular formula is C14H21N3O3. The van der Waals surface area contributed by atoms with E-state index in [0.717, 1.165) is 19.3 Å². The molecule has 0 unspecified atom stereocenters. The fourth-order valence-corrected chi connectivity index (χ4v) is 2.86. The summed E-state index contributed by atoms with van der Waals surface area (Å²) in [4.78, 5) is 23.7. The SMILES string of the molecule is Cc1nn(C)cc1C(=O)NCC1(C(=O)O)CCCCC1. The van der Waals surface area contributed by atoms with E-state index in [1.54, 1.807) is 24.9 Å². The van der Waals surface area contributed by atoms with Gasteiger partial charge in [0, 0.05) is 19.8 Å². The van der Waals surface area contributed by atoms with Crippen molar-refractivity contribution in [2.45, 2.75) is 39.0 Å². The maximum Gasteiger partial charge on any atom is 0.311 e. The molecule has 0 saturated heterocycles. The zero-order chi connectivity index (χ0) is 14.8. The second-order valence-corrected chi connectivity index (χ2v) is 5.63. The Morgan fingerprint density at radius 3 is 2.55 bits per heavy atom. The number of aryl methyl sites for hydroxylation is 2. The van der Waals surface area contributed by atoms with Crippen LogP contribution in [-0.2, 0) is 11.8 Å². The number of carboxylic acid groups (broad SMARTS) is 1.